The summed E-state index contributed by atoms with van der Waals surface area (Å²) in [6, 6.07) is 2.14. The average molecular weight is 342 g/mol. The molecule has 0 aromatic carbocycles. The third-order valence-corrected chi connectivity index (χ3v) is 5.46. The predicted molar refractivity (Wildman–Crippen MR) is 82.8 cm³/mol. The highest BCUT2D eigenvalue weighted by molar-refractivity contribution is 9.10. The molecule has 3 rings (SSSR count). The third-order valence-electron chi connectivity index (χ3n) is 4.21. The molecular formula is C15H18BrClN2. The van der Waals surface area contributed by atoms with Gasteiger partial charge in [0.15, 0.2) is 0 Å². The van der Waals surface area contributed by atoms with Crippen molar-refractivity contribution in [3.8, 4) is 0 Å². The first-order valence-electron chi connectivity index (χ1n) is 7.04. The Morgan fingerprint density at radius 2 is 2.11 bits per heavy atom. The molecule has 1 fully saturated rings. The highest BCUT2D eigenvalue weighted by Gasteiger charge is 2.15. The van der Waals surface area contributed by atoms with Gasteiger partial charge in [-0.3, -0.25) is 0 Å². The Labute approximate surface area is 127 Å². The summed E-state index contributed by atoms with van der Waals surface area (Å²) in [4.78, 5) is 4.22. The van der Waals surface area contributed by atoms with E-state index in [2.05, 4.69) is 31.4 Å². The van der Waals surface area contributed by atoms with Crippen LogP contribution >= 0.6 is 27.5 Å². The van der Waals surface area contributed by atoms with Crippen LogP contribution in [0.15, 0.2) is 23.1 Å². The molecule has 0 saturated heterocycles. The van der Waals surface area contributed by atoms with Crippen molar-refractivity contribution >= 4 is 33.0 Å². The Bertz CT molecular complexity index is 573. The molecule has 0 amide bonds. The number of imidazole rings is 1. The lowest BCUT2D eigenvalue weighted by Gasteiger charge is -2.21. The second kappa shape index (κ2) is 5.84. The molecule has 1 aliphatic rings. The monoisotopic (exact) mass is 340 g/mol. The van der Waals surface area contributed by atoms with Gasteiger partial charge in [0.2, 0.25) is 0 Å². The number of aromatic nitrogens is 2. The first-order valence-corrected chi connectivity index (χ1v) is 8.22. The van der Waals surface area contributed by atoms with Crippen molar-refractivity contribution in [2.45, 2.75) is 44.9 Å². The molecule has 2 nitrogen and oxygen atoms in total. The Hall–Kier alpha value is -0.540. The molecule has 2 heterocycles. The zero-order chi connectivity index (χ0) is 13.2. The van der Waals surface area contributed by atoms with Gasteiger partial charge in [0, 0.05) is 10.2 Å². The summed E-state index contributed by atoms with van der Waals surface area (Å²) in [7, 11) is 0. The van der Waals surface area contributed by atoms with Crippen LogP contribution in [0.25, 0.3) is 5.52 Å². The van der Waals surface area contributed by atoms with Gasteiger partial charge >= 0.3 is 0 Å². The maximum Gasteiger partial charge on any atom is 0.0994 e. The van der Waals surface area contributed by atoms with E-state index in [1.54, 1.807) is 0 Å². The molecule has 1 saturated carbocycles. The van der Waals surface area contributed by atoms with Crippen LogP contribution in [0.4, 0.5) is 0 Å². The number of nitrogens with zero attached hydrogens (tertiary/aromatic N) is 2. The van der Waals surface area contributed by atoms with E-state index in [-0.39, 0.29) is 0 Å². The van der Waals surface area contributed by atoms with E-state index in [1.165, 1.54) is 44.2 Å². The fourth-order valence-electron chi connectivity index (χ4n) is 3.11. The predicted octanol–water partition coefficient (Wildman–Crippen LogP) is 5.26. The highest BCUT2D eigenvalue weighted by atomic mass is 79.9. The van der Waals surface area contributed by atoms with Crippen molar-refractivity contribution in [3.63, 3.8) is 0 Å². The van der Waals surface area contributed by atoms with Gasteiger partial charge in [-0.1, -0.05) is 43.7 Å². The molecule has 19 heavy (non-hydrogen) atoms. The van der Waals surface area contributed by atoms with Gasteiger partial charge in [0.25, 0.3) is 0 Å². The third kappa shape index (κ3) is 2.82. The number of rotatable bonds is 3. The lowest BCUT2D eigenvalue weighted by Crippen LogP contribution is -2.08. The minimum absolute atomic E-state index is 0.749. The summed E-state index contributed by atoms with van der Waals surface area (Å²) in [6.45, 7) is 0. The van der Waals surface area contributed by atoms with Crippen LogP contribution in [0.3, 0.4) is 0 Å². The summed E-state index contributed by atoms with van der Waals surface area (Å²) in [5.74, 6) is 0.904. The zero-order valence-corrected chi connectivity index (χ0v) is 13.3. The fourth-order valence-corrected chi connectivity index (χ4v) is 3.77. The van der Waals surface area contributed by atoms with Crippen LogP contribution in [0.1, 0.15) is 44.2 Å². The lowest BCUT2D eigenvalue weighted by atomic mass is 9.86. The van der Waals surface area contributed by atoms with E-state index in [9.17, 15) is 0 Å². The van der Waals surface area contributed by atoms with E-state index >= 15 is 0 Å². The molecule has 102 valence electrons. The average Bonchev–Trinajstić information content (AvgIpc) is 2.92. The molecule has 2 aromatic rings. The van der Waals surface area contributed by atoms with Crippen LogP contribution in [0, 0.1) is 5.92 Å². The molecule has 0 atom stereocenters. The van der Waals surface area contributed by atoms with Crippen LogP contribution in [0.5, 0.6) is 0 Å². The van der Waals surface area contributed by atoms with Crippen LogP contribution < -0.4 is 0 Å². The minimum Gasteiger partial charge on any atom is -0.302 e. The molecule has 2 aromatic heterocycles. The van der Waals surface area contributed by atoms with Gasteiger partial charge < -0.3 is 4.40 Å². The van der Waals surface area contributed by atoms with Crippen molar-refractivity contribution in [2.75, 3.05) is 0 Å². The van der Waals surface area contributed by atoms with E-state index < -0.39 is 0 Å². The van der Waals surface area contributed by atoms with E-state index in [1.807, 2.05) is 12.5 Å². The largest absolute Gasteiger partial charge is 0.302 e. The Morgan fingerprint density at radius 3 is 2.89 bits per heavy atom. The van der Waals surface area contributed by atoms with Crippen molar-refractivity contribution in [3.05, 3.63) is 33.8 Å². The topological polar surface area (TPSA) is 17.3 Å². The number of halogens is 2. The van der Waals surface area contributed by atoms with Gasteiger partial charge in [-0.15, -0.1) is 0 Å². The maximum absolute atomic E-state index is 6.28. The van der Waals surface area contributed by atoms with E-state index in [0.29, 0.717) is 0 Å². The zero-order valence-electron chi connectivity index (χ0n) is 10.9. The first kappa shape index (κ1) is 13.4. The van der Waals surface area contributed by atoms with Gasteiger partial charge in [-0.05, 0) is 40.8 Å². The van der Waals surface area contributed by atoms with E-state index in [4.69, 9.17) is 11.6 Å². The summed E-state index contributed by atoms with van der Waals surface area (Å²) in [5.41, 5.74) is 2.30. The van der Waals surface area contributed by atoms with Crippen molar-refractivity contribution in [1.82, 2.24) is 9.38 Å². The minimum atomic E-state index is 0.749. The fraction of sp³-hybridized carbons (Fsp3) is 0.533. The normalized spacial score (nSPS) is 17.2. The van der Waals surface area contributed by atoms with Gasteiger partial charge in [-0.25, -0.2) is 4.98 Å². The van der Waals surface area contributed by atoms with Crippen molar-refractivity contribution < 1.29 is 0 Å². The molecule has 4 heteroatoms. The second-order valence-corrected chi connectivity index (χ2v) is 6.72. The van der Waals surface area contributed by atoms with E-state index in [0.717, 1.165) is 27.4 Å². The summed E-state index contributed by atoms with van der Waals surface area (Å²) < 4.78 is 3.09. The smallest absolute Gasteiger partial charge is 0.0994 e. The number of hydrogen-bond donors (Lipinski definition) is 0. The van der Waals surface area contributed by atoms with Gasteiger partial charge in [0.1, 0.15) is 0 Å². The number of pyridine rings is 1. The number of fused-ring (bicyclic) bond motifs is 1. The Morgan fingerprint density at radius 1 is 1.32 bits per heavy atom. The van der Waals surface area contributed by atoms with Crippen LogP contribution in [0.2, 0.25) is 5.02 Å². The van der Waals surface area contributed by atoms with Crippen LogP contribution in [-0.4, -0.2) is 9.38 Å². The quantitative estimate of drug-likeness (QED) is 0.744. The maximum atomic E-state index is 6.28. The molecule has 1 aliphatic carbocycles. The SMILES string of the molecule is Clc1c(Br)cc(CCC2CCCCC2)n2cncc12. The summed E-state index contributed by atoms with van der Waals surface area (Å²) >= 11 is 9.83. The second-order valence-electron chi connectivity index (χ2n) is 5.49. The summed E-state index contributed by atoms with van der Waals surface area (Å²) in [6.07, 6.45) is 13.1. The van der Waals surface area contributed by atoms with Crippen LogP contribution in [-0.2, 0) is 6.42 Å². The Kier molecular flexibility index (Phi) is 4.13. The molecular weight excluding hydrogens is 324 g/mol. The Balaban J connectivity index is 1.80. The standard InChI is InChI=1S/C15H18BrClN2/c16-13-8-12(7-6-11-4-2-1-3-5-11)19-10-18-9-14(19)15(13)17/h8-11H,1-7H2. The molecule has 0 bridgehead atoms. The molecule has 0 unspecified atom stereocenters. The summed E-state index contributed by atoms with van der Waals surface area (Å²) in [5, 5.41) is 0.749. The van der Waals surface area contributed by atoms with Crippen molar-refractivity contribution in [1.29, 1.82) is 0 Å². The molecule has 0 radical (unpaired) electrons. The highest BCUT2D eigenvalue weighted by Crippen LogP contribution is 2.31. The lowest BCUT2D eigenvalue weighted by molar-refractivity contribution is 0.338. The molecule has 0 N–H and O–H groups in total. The molecule has 0 aliphatic heterocycles. The first-order chi connectivity index (χ1) is 9.25. The molecule has 0 spiro atoms. The number of aryl methyl sites for hydroxylation is 1. The number of hydrogen-bond acceptors (Lipinski definition) is 1. The van der Waals surface area contributed by atoms with Gasteiger partial charge in [0.05, 0.1) is 23.1 Å². The van der Waals surface area contributed by atoms with Crippen molar-refractivity contribution in [2.24, 2.45) is 5.92 Å². The van der Waals surface area contributed by atoms with Gasteiger partial charge in [-0.2, -0.15) is 0 Å².